The lowest BCUT2D eigenvalue weighted by Gasteiger charge is -2.15. The maximum atomic E-state index is 9.33. The minimum atomic E-state index is -0.253. The summed E-state index contributed by atoms with van der Waals surface area (Å²) in [7, 11) is 2.05. The van der Waals surface area contributed by atoms with E-state index in [2.05, 4.69) is 17.3 Å². The van der Waals surface area contributed by atoms with E-state index >= 15 is 0 Å². The van der Waals surface area contributed by atoms with Crippen molar-refractivity contribution in [2.75, 3.05) is 20.2 Å². The van der Waals surface area contributed by atoms with Crippen molar-refractivity contribution in [1.29, 1.82) is 0 Å². The van der Waals surface area contributed by atoms with E-state index in [1.165, 1.54) is 0 Å². The van der Waals surface area contributed by atoms with Gasteiger partial charge in [-0.3, -0.25) is 0 Å². The van der Waals surface area contributed by atoms with Crippen LogP contribution in [0.25, 0.3) is 10.6 Å². The van der Waals surface area contributed by atoms with Crippen molar-refractivity contribution in [2.45, 2.75) is 32.9 Å². The van der Waals surface area contributed by atoms with Gasteiger partial charge in [0.1, 0.15) is 10.8 Å². The van der Waals surface area contributed by atoms with Crippen molar-refractivity contribution in [1.82, 2.24) is 9.88 Å². The summed E-state index contributed by atoms with van der Waals surface area (Å²) in [6, 6.07) is 8.05. The molecule has 5 heteroatoms. The van der Waals surface area contributed by atoms with Crippen LogP contribution < -0.4 is 4.74 Å². The van der Waals surface area contributed by atoms with Crippen LogP contribution in [0.1, 0.15) is 26.0 Å². The molecular formula is C17H24N2O2S. The summed E-state index contributed by atoms with van der Waals surface area (Å²) < 4.78 is 5.46. The fourth-order valence-corrected chi connectivity index (χ4v) is 2.95. The molecule has 0 aliphatic carbocycles. The highest BCUT2D eigenvalue weighted by atomic mass is 32.1. The summed E-state index contributed by atoms with van der Waals surface area (Å²) in [5, 5.41) is 12.5. The molecule has 2 rings (SSSR count). The van der Waals surface area contributed by atoms with Crippen molar-refractivity contribution >= 4 is 11.3 Å². The molecule has 0 spiro atoms. The molecule has 120 valence electrons. The van der Waals surface area contributed by atoms with E-state index in [1.54, 1.807) is 11.3 Å². The molecule has 2 aromatic rings. The standard InChI is InChI=1S/C17H24N2O2S/c1-4-21-16-7-5-14(6-8-16)17-18-15(12-22-17)11-19(3)10-9-13(2)20/h5-8,12-13,20H,4,9-11H2,1-3H3. The van der Waals surface area contributed by atoms with Crippen LogP contribution in [-0.4, -0.2) is 41.3 Å². The highest BCUT2D eigenvalue weighted by Crippen LogP contribution is 2.26. The molecule has 1 aromatic heterocycles. The Bertz CT molecular complexity index is 566. The summed E-state index contributed by atoms with van der Waals surface area (Å²) in [4.78, 5) is 6.88. The number of aliphatic hydroxyl groups excluding tert-OH is 1. The Labute approximate surface area is 136 Å². The molecule has 0 bridgehead atoms. The lowest BCUT2D eigenvalue weighted by atomic mass is 10.2. The van der Waals surface area contributed by atoms with Gasteiger partial charge in [0, 0.05) is 24.0 Å². The van der Waals surface area contributed by atoms with E-state index in [1.807, 2.05) is 38.1 Å². The lowest BCUT2D eigenvalue weighted by Crippen LogP contribution is -2.22. The smallest absolute Gasteiger partial charge is 0.123 e. The van der Waals surface area contributed by atoms with Gasteiger partial charge >= 0.3 is 0 Å². The molecular weight excluding hydrogens is 296 g/mol. The predicted octanol–water partition coefficient (Wildman–Crippen LogP) is 3.41. The Kier molecular flexibility index (Phi) is 6.36. The van der Waals surface area contributed by atoms with Crippen LogP contribution in [0.2, 0.25) is 0 Å². The van der Waals surface area contributed by atoms with Crippen LogP contribution in [0.4, 0.5) is 0 Å². The Balaban J connectivity index is 1.95. The van der Waals surface area contributed by atoms with Gasteiger partial charge in [-0.25, -0.2) is 4.98 Å². The first-order valence-corrected chi connectivity index (χ1v) is 8.50. The molecule has 0 saturated carbocycles. The van der Waals surface area contributed by atoms with Crippen molar-refractivity contribution < 1.29 is 9.84 Å². The zero-order chi connectivity index (χ0) is 15.9. The van der Waals surface area contributed by atoms with E-state index in [4.69, 9.17) is 9.72 Å². The van der Waals surface area contributed by atoms with Crippen LogP contribution in [0.15, 0.2) is 29.6 Å². The maximum absolute atomic E-state index is 9.33. The van der Waals surface area contributed by atoms with Crippen molar-refractivity contribution in [3.05, 3.63) is 35.3 Å². The Morgan fingerprint density at radius 1 is 1.32 bits per heavy atom. The average Bonchev–Trinajstić information content (AvgIpc) is 2.95. The van der Waals surface area contributed by atoms with Crippen LogP contribution in [-0.2, 0) is 6.54 Å². The number of hydrogen-bond acceptors (Lipinski definition) is 5. The second-order valence-corrected chi connectivity index (χ2v) is 6.33. The van der Waals surface area contributed by atoms with Gasteiger partial charge in [-0.2, -0.15) is 0 Å². The number of thiazole rings is 1. The molecule has 4 nitrogen and oxygen atoms in total. The number of rotatable bonds is 8. The largest absolute Gasteiger partial charge is 0.494 e. The van der Waals surface area contributed by atoms with Crippen LogP contribution in [0, 0.1) is 0 Å². The number of hydrogen-bond donors (Lipinski definition) is 1. The average molecular weight is 320 g/mol. The summed E-state index contributed by atoms with van der Waals surface area (Å²) in [6.45, 7) is 6.16. The van der Waals surface area contributed by atoms with E-state index in [9.17, 15) is 5.11 Å². The summed E-state index contributed by atoms with van der Waals surface area (Å²) in [5.74, 6) is 0.890. The molecule has 0 fully saturated rings. The molecule has 1 N–H and O–H groups in total. The van der Waals surface area contributed by atoms with Crippen LogP contribution >= 0.6 is 11.3 Å². The Morgan fingerprint density at radius 3 is 2.68 bits per heavy atom. The van der Waals surface area contributed by atoms with E-state index in [0.29, 0.717) is 6.61 Å². The summed E-state index contributed by atoms with van der Waals surface area (Å²) in [6.07, 6.45) is 0.532. The fourth-order valence-electron chi connectivity index (χ4n) is 2.14. The lowest BCUT2D eigenvalue weighted by molar-refractivity contribution is 0.162. The SMILES string of the molecule is CCOc1ccc(-c2nc(CN(C)CCC(C)O)cs2)cc1. The highest BCUT2D eigenvalue weighted by Gasteiger charge is 2.08. The number of nitrogens with zero attached hydrogens (tertiary/aromatic N) is 2. The van der Waals surface area contributed by atoms with Gasteiger partial charge in [-0.05, 0) is 51.6 Å². The van der Waals surface area contributed by atoms with E-state index in [0.717, 1.165) is 41.5 Å². The number of aromatic nitrogens is 1. The fraction of sp³-hybridized carbons (Fsp3) is 0.471. The van der Waals surface area contributed by atoms with Gasteiger partial charge in [0.2, 0.25) is 0 Å². The third-order valence-electron chi connectivity index (χ3n) is 3.32. The number of ether oxygens (including phenoxy) is 1. The molecule has 1 unspecified atom stereocenters. The zero-order valence-corrected chi connectivity index (χ0v) is 14.3. The molecule has 0 aliphatic heterocycles. The van der Waals surface area contributed by atoms with Gasteiger partial charge in [-0.15, -0.1) is 11.3 Å². The summed E-state index contributed by atoms with van der Waals surface area (Å²) in [5.41, 5.74) is 2.19. The monoisotopic (exact) mass is 320 g/mol. The Morgan fingerprint density at radius 2 is 2.05 bits per heavy atom. The molecule has 22 heavy (non-hydrogen) atoms. The third kappa shape index (κ3) is 5.09. The van der Waals surface area contributed by atoms with Gasteiger partial charge in [0.05, 0.1) is 18.4 Å². The van der Waals surface area contributed by atoms with Gasteiger partial charge in [0.15, 0.2) is 0 Å². The van der Waals surface area contributed by atoms with E-state index < -0.39 is 0 Å². The van der Waals surface area contributed by atoms with Gasteiger partial charge < -0.3 is 14.7 Å². The molecule has 0 saturated heterocycles. The molecule has 0 amide bonds. The van der Waals surface area contributed by atoms with Crippen LogP contribution in [0.3, 0.4) is 0 Å². The second kappa shape index (κ2) is 8.27. The first-order chi connectivity index (χ1) is 10.6. The first kappa shape index (κ1) is 16.9. The predicted molar refractivity (Wildman–Crippen MR) is 91.4 cm³/mol. The quantitative estimate of drug-likeness (QED) is 0.809. The minimum Gasteiger partial charge on any atom is -0.494 e. The highest BCUT2D eigenvalue weighted by molar-refractivity contribution is 7.13. The summed E-state index contributed by atoms with van der Waals surface area (Å²) >= 11 is 1.66. The molecule has 1 heterocycles. The Hall–Kier alpha value is -1.43. The van der Waals surface area contributed by atoms with Gasteiger partial charge in [-0.1, -0.05) is 0 Å². The third-order valence-corrected chi connectivity index (χ3v) is 4.26. The first-order valence-electron chi connectivity index (χ1n) is 7.62. The normalized spacial score (nSPS) is 12.6. The molecule has 0 radical (unpaired) electrons. The molecule has 1 atom stereocenters. The van der Waals surface area contributed by atoms with Gasteiger partial charge in [0.25, 0.3) is 0 Å². The van der Waals surface area contributed by atoms with Crippen molar-refractivity contribution in [3.63, 3.8) is 0 Å². The van der Waals surface area contributed by atoms with Crippen molar-refractivity contribution in [3.8, 4) is 16.3 Å². The second-order valence-electron chi connectivity index (χ2n) is 5.48. The maximum Gasteiger partial charge on any atom is 0.123 e. The zero-order valence-electron chi connectivity index (χ0n) is 13.5. The van der Waals surface area contributed by atoms with Crippen LogP contribution in [0.5, 0.6) is 5.75 Å². The van der Waals surface area contributed by atoms with E-state index in [-0.39, 0.29) is 6.10 Å². The molecule has 0 aliphatic rings. The number of aliphatic hydroxyl groups is 1. The molecule has 1 aromatic carbocycles. The minimum absolute atomic E-state index is 0.253. The topological polar surface area (TPSA) is 45.6 Å². The number of benzene rings is 1. The van der Waals surface area contributed by atoms with Crippen molar-refractivity contribution in [2.24, 2.45) is 0 Å².